The molecule has 1 aliphatic rings. The highest BCUT2D eigenvalue weighted by atomic mass is 32.1. The Morgan fingerprint density at radius 2 is 2.14 bits per heavy atom. The second-order valence-electron chi connectivity index (χ2n) is 5.80. The first-order valence-corrected chi connectivity index (χ1v) is 8.82. The van der Waals surface area contributed by atoms with Crippen molar-refractivity contribution in [3.63, 3.8) is 0 Å². The predicted octanol–water partition coefficient (Wildman–Crippen LogP) is 1.71. The van der Waals surface area contributed by atoms with Crippen molar-refractivity contribution in [1.29, 1.82) is 0 Å². The molecule has 6 heteroatoms. The SMILES string of the molecule is CCN1CCC(CNC(=O)C(C)NC(=O)c2cccs2)CC1. The van der Waals surface area contributed by atoms with E-state index in [1.54, 1.807) is 13.0 Å². The number of thiophene rings is 1. The van der Waals surface area contributed by atoms with Crippen LogP contribution in [0.3, 0.4) is 0 Å². The molecule has 0 aromatic carbocycles. The van der Waals surface area contributed by atoms with Gasteiger partial charge in [0, 0.05) is 6.54 Å². The van der Waals surface area contributed by atoms with Crippen LogP contribution in [-0.4, -0.2) is 48.9 Å². The minimum absolute atomic E-state index is 0.108. The van der Waals surface area contributed by atoms with Gasteiger partial charge >= 0.3 is 0 Å². The Bertz CT molecular complexity index is 482. The van der Waals surface area contributed by atoms with E-state index in [1.165, 1.54) is 11.3 Å². The molecule has 0 spiro atoms. The number of carbonyl (C=O) groups is 2. The van der Waals surface area contributed by atoms with Crippen LogP contribution in [0.4, 0.5) is 0 Å². The molecular weight excluding hydrogens is 298 g/mol. The van der Waals surface area contributed by atoms with Crippen molar-refractivity contribution in [2.24, 2.45) is 5.92 Å². The first-order chi connectivity index (χ1) is 10.6. The largest absolute Gasteiger partial charge is 0.354 e. The molecule has 2 rings (SSSR count). The van der Waals surface area contributed by atoms with Gasteiger partial charge in [0.25, 0.3) is 5.91 Å². The van der Waals surface area contributed by atoms with Gasteiger partial charge < -0.3 is 15.5 Å². The molecule has 22 heavy (non-hydrogen) atoms. The maximum absolute atomic E-state index is 12.1. The quantitative estimate of drug-likeness (QED) is 0.838. The number of carbonyl (C=O) groups excluding carboxylic acids is 2. The van der Waals surface area contributed by atoms with Crippen LogP contribution in [0.5, 0.6) is 0 Å². The Kier molecular flexibility index (Phi) is 6.39. The van der Waals surface area contributed by atoms with Gasteiger partial charge in [0.1, 0.15) is 6.04 Å². The van der Waals surface area contributed by atoms with Crippen LogP contribution in [0.1, 0.15) is 36.4 Å². The van der Waals surface area contributed by atoms with Crippen molar-refractivity contribution in [2.75, 3.05) is 26.2 Å². The van der Waals surface area contributed by atoms with Gasteiger partial charge in [-0.15, -0.1) is 11.3 Å². The molecule has 1 aromatic heterocycles. The molecule has 0 bridgehead atoms. The van der Waals surface area contributed by atoms with E-state index in [0.717, 1.165) is 32.5 Å². The van der Waals surface area contributed by atoms with E-state index in [0.29, 0.717) is 17.3 Å². The van der Waals surface area contributed by atoms with Crippen LogP contribution in [0.25, 0.3) is 0 Å². The summed E-state index contributed by atoms with van der Waals surface area (Å²) in [6.45, 7) is 7.93. The van der Waals surface area contributed by atoms with Gasteiger partial charge in [-0.3, -0.25) is 9.59 Å². The first-order valence-electron chi connectivity index (χ1n) is 7.94. The molecule has 0 saturated carbocycles. The van der Waals surface area contributed by atoms with Crippen LogP contribution in [0.2, 0.25) is 0 Å². The molecule has 1 aliphatic heterocycles. The molecule has 1 unspecified atom stereocenters. The van der Waals surface area contributed by atoms with Gasteiger partial charge in [-0.2, -0.15) is 0 Å². The van der Waals surface area contributed by atoms with Crippen molar-refractivity contribution < 1.29 is 9.59 Å². The highest BCUT2D eigenvalue weighted by molar-refractivity contribution is 7.12. The summed E-state index contributed by atoms with van der Waals surface area (Å²) >= 11 is 1.37. The molecule has 1 atom stereocenters. The molecule has 1 aromatic rings. The number of hydrogen-bond acceptors (Lipinski definition) is 4. The molecule has 5 nitrogen and oxygen atoms in total. The standard InChI is InChI=1S/C16H25N3O2S/c1-3-19-8-6-13(7-9-19)11-17-15(20)12(2)18-16(21)14-5-4-10-22-14/h4-5,10,12-13H,3,6-9,11H2,1-2H3,(H,17,20)(H,18,21). The Labute approximate surface area is 136 Å². The topological polar surface area (TPSA) is 61.4 Å². The van der Waals surface area contributed by atoms with Crippen LogP contribution in [0.15, 0.2) is 17.5 Å². The smallest absolute Gasteiger partial charge is 0.261 e. The highest BCUT2D eigenvalue weighted by Crippen LogP contribution is 2.15. The van der Waals surface area contributed by atoms with Crippen molar-refractivity contribution in [3.8, 4) is 0 Å². The number of hydrogen-bond donors (Lipinski definition) is 2. The predicted molar refractivity (Wildman–Crippen MR) is 89.1 cm³/mol. The third-order valence-electron chi connectivity index (χ3n) is 4.21. The van der Waals surface area contributed by atoms with Gasteiger partial charge in [-0.25, -0.2) is 0 Å². The maximum Gasteiger partial charge on any atom is 0.261 e. The fourth-order valence-corrected chi connectivity index (χ4v) is 3.27. The lowest BCUT2D eigenvalue weighted by atomic mass is 9.97. The number of amides is 2. The zero-order valence-electron chi connectivity index (χ0n) is 13.3. The van der Waals surface area contributed by atoms with Gasteiger partial charge in [-0.1, -0.05) is 13.0 Å². The molecule has 2 heterocycles. The number of likely N-dealkylation sites (tertiary alicyclic amines) is 1. The minimum atomic E-state index is -0.509. The fourth-order valence-electron chi connectivity index (χ4n) is 2.65. The Morgan fingerprint density at radius 3 is 2.73 bits per heavy atom. The van der Waals surface area contributed by atoms with Crippen molar-refractivity contribution in [1.82, 2.24) is 15.5 Å². The zero-order valence-corrected chi connectivity index (χ0v) is 14.1. The Hall–Kier alpha value is -1.40. The fraction of sp³-hybridized carbons (Fsp3) is 0.625. The maximum atomic E-state index is 12.1. The van der Waals surface area contributed by atoms with E-state index in [2.05, 4.69) is 22.5 Å². The van der Waals surface area contributed by atoms with E-state index >= 15 is 0 Å². The van der Waals surface area contributed by atoms with Crippen molar-refractivity contribution >= 4 is 23.2 Å². The molecule has 2 N–H and O–H groups in total. The van der Waals surface area contributed by atoms with Gasteiger partial charge in [-0.05, 0) is 56.8 Å². The molecule has 1 saturated heterocycles. The summed E-state index contributed by atoms with van der Waals surface area (Å²) in [5.74, 6) is 0.253. The molecule has 0 radical (unpaired) electrons. The second-order valence-corrected chi connectivity index (χ2v) is 6.74. The molecule has 1 fully saturated rings. The summed E-state index contributed by atoms with van der Waals surface area (Å²) in [5.41, 5.74) is 0. The number of rotatable bonds is 6. The molecule has 122 valence electrons. The van der Waals surface area contributed by atoms with E-state index in [4.69, 9.17) is 0 Å². The van der Waals surface area contributed by atoms with E-state index in [1.807, 2.05) is 11.4 Å². The summed E-state index contributed by atoms with van der Waals surface area (Å²) in [5, 5.41) is 7.55. The third-order valence-corrected chi connectivity index (χ3v) is 5.07. The average Bonchev–Trinajstić information content (AvgIpc) is 3.07. The molecule has 0 aliphatic carbocycles. The van der Waals surface area contributed by atoms with Crippen molar-refractivity contribution in [2.45, 2.75) is 32.7 Å². The van der Waals surface area contributed by atoms with E-state index in [9.17, 15) is 9.59 Å². The van der Waals surface area contributed by atoms with Gasteiger partial charge in [0.05, 0.1) is 4.88 Å². The summed E-state index contributed by atoms with van der Waals surface area (Å²) in [6, 6.07) is 3.07. The molecule has 2 amide bonds. The van der Waals surface area contributed by atoms with Crippen molar-refractivity contribution in [3.05, 3.63) is 22.4 Å². The Morgan fingerprint density at radius 1 is 1.41 bits per heavy atom. The summed E-state index contributed by atoms with van der Waals surface area (Å²) in [6.07, 6.45) is 2.26. The average molecular weight is 323 g/mol. The third kappa shape index (κ3) is 4.81. The van der Waals surface area contributed by atoms with Crippen LogP contribution >= 0.6 is 11.3 Å². The minimum Gasteiger partial charge on any atom is -0.354 e. The number of nitrogens with zero attached hydrogens (tertiary/aromatic N) is 1. The summed E-state index contributed by atoms with van der Waals surface area (Å²) in [7, 11) is 0. The zero-order chi connectivity index (χ0) is 15.9. The summed E-state index contributed by atoms with van der Waals surface area (Å²) < 4.78 is 0. The normalized spacial score (nSPS) is 17.9. The van der Waals surface area contributed by atoms with Crippen LogP contribution < -0.4 is 10.6 Å². The lowest BCUT2D eigenvalue weighted by molar-refractivity contribution is -0.122. The lowest BCUT2D eigenvalue weighted by Crippen LogP contribution is -2.46. The summed E-state index contributed by atoms with van der Waals surface area (Å²) in [4.78, 5) is 27.1. The second kappa shape index (κ2) is 8.29. The van der Waals surface area contributed by atoms with E-state index in [-0.39, 0.29) is 11.8 Å². The van der Waals surface area contributed by atoms with Gasteiger partial charge in [0.15, 0.2) is 0 Å². The number of nitrogens with one attached hydrogen (secondary N) is 2. The Balaban J connectivity index is 1.69. The van der Waals surface area contributed by atoms with Crippen LogP contribution in [-0.2, 0) is 4.79 Å². The van der Waals surface area contributed by atoms with Crippen LogP contribution in [0, 0.1) is 5.92 Å². The number of piperidine rings is 1. The first kappa shape index (κ1) is 17.0. The molecular formula is C16H25N3O2S. The highest BCUT2D eigenvalue weighted by Gasteiger charge is 2.21. The van der Waals surface area contributed by atoms with Gasteiger partial charge in [0.2, 0.25) is 5.91 Å². The van der Waals surface area contributed by atoms with E-state index < -0.39 is 6.04 Å². The lowest BCUT2D eigenvalue weighted by Gasteiger charge is -2.31. The monoisotopic (exact) mass is 323 g/mol.